The molecule has 1 saturated carbocycles. The van der Waals surface area contributed by atoms with E-state index in [-0.39, 0.29) is 11.6 Å². The summed E-state index contributed by atoms with van der Waals surface area (Å²) in [7, 11) is 0. The molecule has 6 rings (SSSR count). The predicted octanol–water partition coefficient (Wildman–Crippen LogP) is 4.17. The molecule has 32 heavy (non-hydrogen) atoms. The lowest BCUT2D eigenvalue weighted by molar-refractivity contribution is 0.0987. The number of allylic oxidation sites excluding steroid dienone is 1. The zero-order valence-electron chi connectivity index (χ0n) is 19.2. The van der Waals surface area contributed by atoms with Crippen LogP contribution < -0.4 is 10.6 Å². The second kappa shape index (κ2) is 9.26. The maximum absolute atomic E-state index is 13.1. The molecule has 6 nitrogen and oxygen atoms in total. The van der Waals surface area contributed by atoms with E-state index >= 15 is 0 Å². The van der Waals surface area contributed by atoms with E-state index < -0.39 is 0 Å². The molecule has 4 bridgehead atoms. The Morgan fingerprint density at radius 2 is 1.81 bits per heavy atom. The van der Waals surface area contributed by atoms with E-state index in [1.165, 1.54) is 30.4 Å². The highest BCUT2D eigenvalue weighted by atomic mass is 16.2. The maximum atomic E-state index is 13.1. The Labute approximate surface area is 192 Å². The number of rotatable bonds is 1. The van der Waals surface area contributed by atoms with Crippen LogP contribution in [0.15, 0.2) is 41.5 Å². The standard InChI is InChI=1S/C26H37N5O/c1-20-7-6-14-31-25(32)29-24(28-23-10-3-2-4-11-23)26(31)12-15-30(16-13-26)19-22-9-5-8-21(17-22)18-27-20/h5,8-9,17,23,27H,1-4,6-7,10-16,18-19H2,(H,28,29,32). The minimum Gasteiger partial charge on any atom is -0.385 e. The molecule has 5 aliphatic rings. The van der Waals surface area contributed by atoms with E-state index in [9.17, 15) is 4.79 Å². The Morgan fingerprint density at radius 1 is 1.03 bits per heavy atom. The average Bonchev–Trinajstić information content (AvgIpc) is 3.04. The lowest BCUT2D eigenvalue weighted by Crippen LogP contribution is -2.56. The third-order valence-corrected chi connectivity index (χ3v) is 7.80. The number of piperidine rings is 1. The molecule has 2 N–H and O–H groups in total. The normalized spacial score (nSPS) is 30.9. The summed E-state index contributed by atoms with van der Waals surface area (Å²) in [5.74, 6) is 0.956. The minimum absolute atomic E-state index is 0.0440. The highest BCUT2D eigenvalue weighted by Gasteiger charge is 2.52. The van der Waals surface area contributed by atoms with Gasteiger partial charge in [0.05, 0.1) is 6.04 Å². The fourth-order valence-corrected chi connectivity index (χ4v) is 5.92. The summed E-state index contributed by atoms with van der Waals surface area (Å²) in [5, 5.41) is 6.70. The van der Waals surface area contributed by atoms with Gasteiger partial charge >= 0.3 is 6.03 Å². The number of hydrogen-bond acceptors (Lipinski definition) is 4. The molecular formula is C26H37N5O. The number of nitrogens with zero attached hydrogens (tertiary/aromatic N) is 3. The van der Waals surface area contributed by atoms with E-state index in [1.807, 2.05) is 0 Å². The zero-order valence-corrected chi connectivity index (χ0v) is 19.2. The quantitative estimate of drug-likeness (QED) is 0.696. The Kier molecular flexibility index (Phi) is 6.22. The van der Waals surface area contributed by atoms with E-state index in [4.69, 9.17) is 4.99 Å². The van der Waals surface area contributed by atoms with Crippen LogP contribution in [0, 0.1) is 0 Å². The van der Waals surface area contributed by atoms with Gasteiger partial charge in [-0.1, -0.05) is 50.1 Å². The summed E-state index contributed by atoms with van der Waals surface area (Å²) in [6, 6.07) is 9.30. The van der Waals surface area contributed by atoms with Gasteiger partial charge in [0.2, 0.25) is 0 Å². The molecule has 0 radical (unpaired) electrons. The summed E-state index contributed by atoms with van der Waals surface area (Å²) < 4.78 is 0. The molecule has 1 aromatic carbocycles. The van der Waals surface area contributed by atoms with Crippen molar-refractivity contribution in [3.63, 3.8) is 0 Å². The highest BCUT2D eigenvalue weighted by Crippen LogP contribution is 2.36. The number of hydrogen-bond donors (Lipinski definition) is 2. The van der Waals surface area contributed by atoms with Crippen molar-refractivity contribution in [1.82, 2.24) is 20.4 Å². The third kappa shape index (κ3) is 4.42. The number of aliphatic imine (C=N–C) groups is 1. The van der Waals surface area contributed by atoms with Gasteiger partial charge < -0.3 is 10.2 Å². The van der Waals surface area contributed by atoms with Crippen molar-refractivity contribution in [3.8, 4) is 0 Å². The monoisotopic (exact) mass is 435 g/mol. The smallest absolute Gasteiger partial charge is 0.323 e. The van der Waals surface area contributed by atoms with Crippen LogP contribution in [0.4, 0.5) is 4.79 Å². The number of carbonyl (C=O) groups excluding carboxylic acids is 1. The SMILES string of the molecule is C=C1CCCN2C(=O)NC(=NC3CCCCC3)C23CCN(CC3)Cc2cccc(c2)CN1. The van der Waals surface area contributed by atoms with Gasteiger partial charge in [-0.25, -0.2) is 4.79 Å². The molecule has 3 fully saturated rings. The Balaban J connectivity index is 1.42. The van der Waals surface area contributed by atoms with Crippen LogP contribution >= 0.6 is 0 Å². The molecule has 2 amide bonds. The van der Waals surface area contributed by atoms with Crippen LogP contribution in [0.2, 0.25) is 0 Å². The summed E-state index contributed by atoms with van der Waals surface area (Å²) in [6.45, 7) is 8.72. The van der Waals surface area contributed by atoms with Crippen LogP contribution in [0.5, 0.6) is 0 Å². The van der Waals surface area contributed by atoms with Gasteiger partial charge in [0.15, 0.2) is 0 Å². The van der Waals surface area contributed by atoms with Crippen molar-refractivity contribution in [1.29, 1.82) is 0 Å². The average molecular weight is 436 g/mol. The van der Waals surface area contributed by atoms with Crippen LogP contribution in [0.3, 0.4) is 0 Å². The van der Waals surface area contributed by atoms with Crippen molar-refractivity contribution in [2.45, 2.75) is 82.5 Å². The summed E-state index contributed by atoms with van der Waals surface area (Å²) in [6.07, 6.45) is 9.85. The van der Waals surface area contributed by atoms with Crippen LogP contribution in [-0.4, -0.2) is 52.9 Å². The highest BCUT2D eigenvalue weighted by molar-refractivity contribution is 6.10. The lowest BCUT2D eigenvalue weighted by atomic mass is 9.84. The van der Waals surface area contributed by atoms with E-state index in [0.717, 1.165) is 82.8 Å². The van der Waals surface area contributed by atoms with Crippen molar-refractivity contribution >= 4 is 11.9 Å². The molecule has 1 aliphatic carbocycles. The molecule has 6 heteroatoms. The number of carbonyl (C=O) groups is 1. The van der Waals surface area contributed by atoms with E-state index in [0.29, 0.717) is 6.04 Å². The van der Waals surface area contributed by atoms with Gasteiger partial charge in [0, 0.05) is 38.4 Å². The second-order valence-corrected chi connectivity index (χ2v) is 10.0. The van der Waals surface area contributed by atoms with E-state index in [2.05, 4.69) is 51.3 Å². The molecule has 1 aromatic rings. The molecule has 0 unspecified atom stereocenters. The molecule has 0 aromatic heterocycles. The molecule has 172 valence electrons. The molecule has 4 heterocycles. The predicted molar refractivity (Wildman–Crippen MR) is 128 cm³/mol. The summed E-state index contributed by atoms with van der Waals surface area (Å²) in [5.41, 5.74) is 3.44. The van der Waals surface area contributed by atoms with Gasteiger partial charge in [-0.15, -0.1) is 0 Å². The molecule has 0 atom stereocenters. The Hall–Kier alpha value is -2.34. The lowest BCUT2D eigenvalue weighted by Gasteiger charge is -2.44. The molecule has 1 spiro atoms. The molecular weight excluding hydrogens is 398 g/mol. The van der Waals surface area contributed by atoms with Crippen LogP contribution in [-0.2, 0) is 13.1 Å². The Bertz CT molecular complexity index is 880. The van der Waals surface area contributed by atoms with Gasteiger partial charge in [0.25, 0.3) is 0 Å². The molecule has 2 saturated heterocycles. The van der Waals surface area contributed by atoms with Crippen LogP contribution in [0.25, 0.3) is 0 Å². The maximum Gasteiger partial charge on any atom is 0.323 e. The topological polar surface area (TPSA) is 60.0 Å². The first kappa shape index (κ1) is 21.5. The van der Waals surface area contributed by atoms with Crippen molar-refractivity contribution < 1.29 is 4.79 Å². The van der Waals surface area contributed by atoms with Crippen LogP contribution in [0.1, 0.15) is 68.9 Å². The minimum atomic E-state index is -0.262. The first-order chi connectivity index (χ1) is 15.6. The van der Waals surface area contributed by atoms with Crippen molar-refractivity contribution in [2.75, 3.05) is 19.6 Å². The van der Waals surface area contributed by atoms with Gasteiger partial charge in [-0.2, -0.15) is 0 Å². The van der Waals surface area contributed by atoms with Gasteiger partial charge in [-0.05, 0) is 49.7 Å². The third-order valence-electron chi connectivity index (χ3n) is 7.80. The Morgan fingerprint density at radius 3 is 2.62 bits per heavy atom. The van der Waals surface area contributed by atoms with Gasteiger partial charge in [0.1, 0.15) is 11.4 Å². The number of benzene rings is 1. The fourth-order valence-electron chi connectivity index (χ4n) is 5.92. The zero-order chi connectivity index (χ0) is 22.0. The summed E-state index contributed by atoms with van der Waals surface area (Å²) >= 11 is 0. The first-order valence-corrected chi connectivity index (χ1v) is 12.5. The number of nitrogens with one attached hydrogen (secondary N) is 2. The fraction of sp³-hybridized carbons (Fsp3) is 0.615. The number of amidine groups is 1. The number of urea groups is 1. The molecule has 4 aliphatic heterocycles. The summed E-state index contributed by atoms with van der Waals surface area (Å²) in [4.78, 5) is 23.0. The van der Waals surface area contributed by atoms with Crippen molar-refractivity contribution in [3.05, 3.63) is 47.7 Å². The van der Waals surface area contributed by atoms with E-state index in [1.54, 1.807) is 0 Å². The number of fused-ring (bicyclic) bond motifs is 7. The van der Waals surface area contributed by atoms with Gasteiger partial charge in [-0.3, -0.25) is 15.2 Å². The first-order valence-electron chi connectivity index (χ1n) is 12.5. The largest absolute Gasteiger partial charge is 0.385 e. The van der Waals surface area contributed by atoms with Crippen molar-refractivity contribution in [2.24, 2.45) is 4.99 Å². The second-order valence-electron chi connectivity index (χ2n) is 10.0. The number of amides is 2.